The van der Waals surface area contributed by atoms with Crippen LogP contribution in [-0.4, -0.2) is 22.1 Å². The monoisotopic (exact) mass is 423 g/mol. The van der Waals surface area contributed by atoms with E-state index < -0.39 is 17.3 Å². The van der Waals surface area contributed by atoms with Gasteiger partial charge in [-0.05, 0) is 55.8 Å². The molecule has 156 valence electrons. The largest absolute Gasteiger partial charge is 0.491 e. The standard InChI is InChI=1S/C21H24F3N3OS/c1-12(2)10-20(4,25)11-28-17-6-5-14(9-16(17)21(22,23)24)18-15-7-8-29-19(15)27-13(3)26-18/h5-9,12H,10-11,25H2,1-4H3/t20-/m0/s1. The van der Waals surface area contributed by atoms with Gasteiger partial charge in [0.1, 0.15) is 23.0 Å². The van der Waals surface area contributed by atoms with Gasteiger partial charge in [0.15, 0.2) is 0 Å². The maximum Gasteiger partial charge on any atom is 0.419 e. The normalized spacial score (nSPS) is 14.4. The van der Waals surface area contributed by atoms with Crippen LogP contribution in [0.2, 0.25) is 0 Å². The van der Waals surface area contributed by atoms with Gasteiger partial charge >= 0.3 is 6.18 Å². The predicted molar refractivity (Wildman–Crippen MR) is 110 cm³/mol. The van der Waals surface area contributed by atoms with Gasteiger partial charge in [-0.15, -0.1) is 11.3 Å². The molecular formula is C21H24F3N3OS. The summed E-state index contributed by atoms with van der Waals surface area (Å²) in [6.45, 7) is 7.52. The summed E-state index contributed by atoms with van der Waals surface area (Å²) in [6.07, 6.45) is -3.92. The second-order valence-corrected chi connectivity index (χ2v) is 8.90. The van der Waals surface area contributed by atoms with Crippen LogP contribution in [0.1, 0.15) is 38.6 Å². The highest BCUT2D eigenvalue weighted by Crippen LogP contribution is 2.40. The fraction of sp³-hybridized carbons (Fsp3) is 0.429. The Balaban J connectivity index is 2.00. The van der Waals surface area contributed by atoms with E-state index in [1.807, 2.05) is 25.3 Å². The van der Waals surface area contributed by atoms with Crippen molar-refractivity contribution < 1.29 is 17.9 Å². The molecule has 0 saturated heterocycles. The molecule has 0 aliphatic rings. The second-order valence-electron chi connectivity index (χ2n) is 8.01. The average Bonchev–Trinajstić information content (AvgIpc) is 3.05. The fourth-order valence-electron chi connectivity index (χ4n) is 3.44. The number of hydrogen-bond acceptors (Lipinski definition) is 5. The van der Waals surface area contributed by atoms with Crippen molar-refractivity contribution in [2.45, 2.75) is 45.8 Å². The van der Waals surface area contributed by atoms with E-state index in [2.05, 4.69) is 9.97 Å². The molecule has 4 nitrogen and oxygen atoms in total. The minimum absolute atomic E-state index is 0.00496. The molecule has 0 radical (unpaired) electrons. The smallest absolute Gasteiger partial charge is 0.419 e. The van der Waals surface area contributed by atoms with Crippen molar-refractivity contribution in [3.05, 3.63) is 41.0 Å². The van der Waals surface area contributed by atoms with Crippen molar-refractivity contribution in [2.24, 2.45) is 11.7 Å². The van der Waals surface area contributed by atoms with Crippen molar-refractivity contribution in [1.82, 2.24) is 9.97 Å². The Morgan fingerprint density at radius 1 is 1.17 bits per heavy atom. The molecule has 0 fully saturated rings. The molecule has 1 aromatic carbocycles. The number of benzene rings is 1. The van der Waals surface area contributed by atoms with E-state index in [9.17, 15) is 13.2 Å². The molecule has 0 aliphatic carbocycles. The van der Waals surface area contributed by atoms with Crippen LogP contribution in [-0.2, 0) is 6.18 Å². The molecule has 29 heavy (non-hydrogen) atoms. The number of thiophene rings is 1. The first-order chi connectivity index (χ1) is 13.5. The predicted octanol–water partition coefficient (Wildman–Crippen LogP) is 5.83. The summed E-state index contributed by atoms with van der Waals surface area (Å²) >= 11 is 1.43. The quantitative estimate of drug-likeness (QED) is 0.542. The molecule has 0 bridgehead atoms. The number of alkyl halides is 3. The molecule has 3 rings (SSSR count). The number of aromatic nitrogens is 2. The van der Waals surface area contributed by atoms with Gasteiger partial charge in [0, 0.05) is 16.5 Å². The maximum atomic E-state index is 13.8. The number of rotatable bonds is 6. The van der Waals surface area contributed by atoms with Gasteiger partial charge < -0.3 is 10.5 Å². The van der Waals surface area contributed by atoms with Crippen LogP contribution in [0.3, 0.4) is 0 Å². The van der Waals surface area contributed by atoms with Crippen LogP contribution < -0.4 is 10.5 Å². The van der Waals surface area contributed by atoms with Crippen molar-refractivity contribution in [3.63, 3.8) is 0 Å². The third kappa shape index (κ3) is 5.05. The van der Waals surface area contributed by atoms with Crippen molar-refractivity contribution in [1.29, 1.82) is 0 Å². The van der Waals surface area contributed by atoms with Crippen LogP contribution >= 0.6 is 11.3 Å². The van der Waals surface area contributed by atoms with E-state index in [0.717, 1.165) is 16.3 Å². The third-order valence-electron chi connectivity index (χ3n) is 4.43. The summed E-state index contributed by atoms with van der Waals surface area (Å²) in [6, 6.07) is 5.85. The van der Waals surface area contributed by atoms with Gasteiger partial charge in [0.25, 0.3) is 0 Å². The summed E-state index contributed by atoms with van der Waals surface area (Å²) in [5, 5.41) is 2.58. The third-order valence-corrected chi connectivity index (χ3v) is 5.23. The van der Waals surface area contributed by atoms with Crippen LogP contribution in [0, 0.1) is 12.8 Å². The number of ether oxygens (including phenoxy) is 1. The summed E-state index contributed by atoms with van der Waals surface area (Å²) in [5.41, 5.74) is 5.49. The lowest BCUT2D eigenvalue weighted by Gasteiger charge is -2.27. The zero-order valence-electron chi connectivity index (χ0n) is 16.8. The molecule has 0 saturated carbocycles. The Hall–Kier alpha value is -2.19. The fourth-order valence-corrected chi connectivity index (χ4v) is 4.25. The first-order valence-electron chi connectivity index (χ1n) is 9.31. The maximum absolute atomic E-state index is 13.8. The number of halogens is 3. The lowest BCUT2D eigenvalue weighted by Crippen LogP contribution is -2.43. The van der Waals surface area contributed by atoms with Crippen LogP contribution in [0.25, 0.3) is 21.5 Å². The number of aryl methyl sites for hydroxylation is 1. The topological polar surface area (TPSA) is 61.0 Å². The van der Waals surface area contributed by atoms with Gasteiger partial charge in [-0.3, -0.25) is 0 Å². The second kappa shape index (κ2) is 7.91. The molecule has 8 heteroatoms. The highest BCUT2D eigenvalue weighted by atomic mass is 32.1. The molecule has 2 aromatic heterocycles. The van der Waals surface area contributed by atoms with Crippen LogP contribution in [0.15, 0.2) is 29.6 Å². The minimum Gasteiger partial charge on any atom is -0.491 e. The SMILES string of the molecule is Cc1nc(-c2ccc(OC[C@@](C)(N)CC(C)C)c(C(F)(F)F)c2)c2ccsc2n1. The summed E-state index contributed by atoms with van der Waals surface area (Å²) in [7, 11) is 0. The van der Waals surface area contributed by atoms with Crippen LogP contribution in [0.5, 0.6) is 5.75 Å². The van der Waals surface area contributed by atoms with E-state index in [0.29, 0.717) is 29.4 Å². The average molecular weight is 424 g/mol. The number of nitrogens with two attached hydrogens (primary N) is 1. The van der Waals surface area contributed by atoms with Gasteiger partial charge in [-0.1, -0.05) is 13.8 Å². The lowest BCUT2D eigenvalue weighted by molar-refractivity contribution is -0.139. The number of fused-ring (bicyclic) bond motifs is 1. The molecule has 0 unspecified atom stereocenters. The Labute approximate surface area is 171 Å². The molecule has 0 aliphatic heterocycles. The van der Waals surface area contributed by atoms with E-state index >= 15 is 0 Å². The zero-order valence-corrected chi connectivity index (χ0v) is 17.6. The molecule has 0 amide bonds. The highest BCUT2D eigenvalue weighted by Gasteiger charge is 2.35. The molecular weight excluding hydrogens is 399 g/mol. The Kier molecular flexibility index (Phi) is 5.87. The Morgan fingerprint density at radius 3 is 2.55 bits per heavy atom. The summed E-state index contributed by atoms with van der Waals surface area (Å²) < 4.78 is 46.8. The molecule has 3 aromatic rings. The zero-order chi connectivity index (χ0) is 21.4. The summed E-state index contributed by atoms with van der Waals surface area (Å²) in [4.78, 5) is 9.46. The molecule has 2 heterocycles. The van der Waals surface area contributed by atoms with Crippen molar-refractivity contribution >= 4 is 21.6 Å². The van der Waals surface area contributed by atoms with E-state index in [1.165, 1.54) is 17.4 Å². The van der Waals surface area contributed by atoms with E-state index in [-0.39, 0.29) is 12.4 Å². The molecule has 1 atom stereocenters. The van der Waals surface area contributed by atoms with Gasteiger partial charge in [0.2, 0.25) is 0 Å². The first kappa shape index (κ1) is 21.5. The van der Waals surface area contributed by atoms with Gasteiger partial charge in [-0.2, -0.15) is 13.2 Å². The summed E-state index contributed by atoms with van der Waals surface area (Å²) in [5.74, 6) is 0.595. The first-order valence-corrected chi connectivity index (χ1v) is 10.2. The van der Waals surface area contributed by atoms with Crippen molar-refractivity contribution in [2.75, 3.05) is 6.61 Å². The van der Waals surface area contributed by atoms with Crippen molar-refractivity contribution in [3.8, 4) is 17.0 Å². The molecule has 2 N–H and O–H groups in total. The Bertz CT molecular complexity index is 1010. The number of hydrogen-bond donors (Lipinski definition) is 1. The van der Waals surface area contributed by atoms with Gasteiger partial charge in [0.05, 0.1) is 11.3 Å². The molecule has 0 spiro atoms. The van der Waals surface area contributed by atoms with Gasteiger partial charge in [-0.25, -0.2) is 9.97 Å². The van der Waals surface area contributed by atoms with E-state index in [4.69, 9.17) is 10.5 Å². The minimum atomic E-state index is -4.57. The van der Waals surface area contributed by atoms with Crippen LogP contribution in [0.4, 0.5) is 13.2 Å². The van der Waals surface area contributed by atoms with E-state index in [1.54, 1.807) is 19.9 Å². The lowest BCUT2D eigenvalue weighted by atomic mass is 9.93. The highest BCUT2D eigenvalue weighted by molar-refractivity contribution is 7.16. The number of nitrogens with zero attached hydrogens (tertiary/aromatic N) is 2. The Morgan fingerprint density at radius 2 is 1.90 bits per heavy atom.